The minimum Gasteiger partial charge on any atom is -0.324 e. The molecule has 1 amide bonds. The molecule has 1 aliphatic carbocycles. The minimum atomic E-state index is -3.28. The van der Waals surface area contributed by atoms with E-state index in [0.29, 0.717) is 46.3 Å². The molecule has 4 aromatic rings. The average Bonchev–Trinajstić information content (AvgIpc) is 3.67. The monoisotopic (exact) mass is 587 g/mol. The maximum Gasteiger partial charge on any atom is 0.255 e. The van der Waals surface area contributed by atoms with Crippen LogP contribution in [0.5, 0.6) is 0 Å². The van der Waals surface area contributed by atoms with Gasteiger partial charge in [0.15, 0.2) is 0 Å². The van der Waals surface area contributed by atoms with E-state index in [-0.39, 0.29) is 17.7 Å². The lowest BCUT2D eigenvalue weighted by Gasteiger charge is -2.11. The van der Waals surface area contributed by atoms with Gasteiger partial charge in [-0.05, 0) is 73.0 Å². The number of fused-ring (bicyclic) bond motifs is 1. The first-order valence-corrected chi connectivity index (χ1v) is 14.0. The third-order valence-corrected chi connectivity index (χ3v) is 8.72. The number of anilines is 3. The van der Waals surface area contributed by atoms with E-state index < -0.39 is 10.0 Å². The summed E-state index contributed by atoms with van der Waals surface area (Å²) in [6.45, 7) is 0.185. The number of nitrogens with one attached hydrogen (secondary N) is 3. The number of carbonyl (C=O) groups excluding carboxylic acids is 1. The molecule has 0 unspecified atom stereocenters. The smallest absolute Gasteiger partial charge is 0.255 e. The first-order chi connectivity index (χ1) is 17.2. The van der Waals surface area contributed by atoms with Gasteiger partial charge in [-0.15, -0.1) is 0 Å². The number of rotatable bonds is 8. The van der Waals surface area contributed by atoms with E-state index in [1.165, 1.54) is 0 Å². The van der Waals surface area contributed by atoms with Crippen LogP contribution < -0.4 is 15.4 Å². The summed E-state index contributed by atoms with van der Waals surface area (Å²) in [7, 11) is -1.42. The highest BCUT2D eigenvalue weighted by Crippen LogP contribution is 2.30. The van der Waals surface area contributed by atoms with E-state index in [1.54, 1.807) is 30.3 Å². The van der Waals surface area contributed by atoms with E-state index in [2.05, 4.69) is 36.3 Å². The first kappa shape index (κ1) is 24.8. The molecule has 1 aliphatic rings. The van der Waals surface area contributed by atoms with Gasteiger partial charge in [-0.2, -0.15) is 0 Å². The van der Waals surface area contributed by atoms with E-state index in [0.717, 1.165) is 15.6 Å². The minimum absolute atomic E-state index is 0.185. The molecule has 0 radical (unpaired) electrons. The molecule has 3 N–H and O–H groups in total. The standard InChI is InChI=1S/C25H23BrClN5O3S/c1-32-23-11-3-16(24(33)29-18-6-4-17(26)5-7-18)13-22(23)31-25(32)30-21-12-15(2-10-20(21)27)14-28-36(34,35)19-8-9-19/h2-7,10-13,19,28H,8-9,14H2,1H3,(H,29,33)(H,30,31). The number of imidazole rings is 1. The molecule has 1 fully saturated rings. The molecule has 0 saturated heterocycles. The van der Waals surface area contributed by atoms with Gasteiger partial charge in [0.1, 0.15) is 0 Å². The summed E-state index contributed by atoms with van der Waals surface area (Å²) in [6.07, 6.45) is 1.42. The van der Waals surface area contributed by atoms with Gasteiger partial charge in [0.25, 0.3) is 5.91 Å². The summed E-state index contributed by atoms with van der Waals surface area (Å²) >= 11 is 9.79. The second kappa shape index (κ2) is 9.85. The maximum absolute atomic E-state index is 12.7. The quantitative estimate of drug-likeness (QED) is 0.250. The van der Waals surface area contributed by atoms with Crippen LogP contribution in [0.1, 0.15) is 28.8 Å². The molecule has 0 aliphatic heterocycles. The maximum atomic E-state index is 12.7. The third-order valence-electron chi connectivity index (χ3n) is 5.96. The van der Waals surface area contributed by atoms with Crippen LogP contribution in [0.15, 0.2) is 65.1 Å². The fourth-order valence-electron chi connectivity index (χ4n) is 3.77. The molecule has 5 rings (SSSR count). The first-order valence-electron chi connectivity index (χ1n) is 11.3. The second-order valence-electron chi connectivity index (χ2n) is 8.66. The van der Waals surface area contributed by atoms with E-state index in [9.17, 15) is 13.2 Å². The number of aryl methyl sites for hydroxylation is 1. The lowest BCUT2D eigenvalue weighted by atomic mass is 10.2. The van der Waals surface area contributed by atoms with Crippen molar-refractivity contribution in [3.63, 3.8) is 0 Å². The number of benzene rings is 3. The Morgan fingerprint density at radius 3 is 2.58 bits per heavy atom. The highest BCUT2D eigenvalue weighted by molar-refractivity contribution is 9.10. The zero-order valence-corrected chi connectivity index (χ0v) is 22.4. The van der Waals surface area contributed by atoms with Crippen molar-refractivity contribution in [3.8, 4) is 0 Å². The van der Waals surface area contributed by atoms with Crippen molar-refractivity contribution in [2.45, 2.75) is 24.6 Å². The summed E-state index contributed by atoms with van der Waals surface area (Å²) in [4.78, 5) is 17.4. The normalized spacial score (nSPS) is 13.6. The Kier molecular flexibility index (Phi) is 6.78. The lowest BCUT2D eigenvalue weighted by Crippen LogP contribution is -2.26. The van der Waals surface area contributed by atoms with Crippen molar-refractivity contribution >= 4 is 71.8 Å². The van der Waals surface area contributed by atoms with Crippen LogP contribution in [0.3, 0.4) is 0 Å². The average molecular weight is 589 g/mol. The molecule has 11 heteroatoms. The summed E-state index contributed by atoms with van der Waals surface area (Å²) in [5.41, 5.74) is 4.04. The molecule has 3 aromatic carbocycles. The van der Waals surface area contributed by atoms with Gasteiger partial charge in [0.05, 0.1) is 27.0 Å². The van der Waals surface area contributed by atoms with E-state index in [1.807, 2.05) is 41.9 Å². The Balaban J connectivity index is 1.34. The number of nitrogens with zero attached hydrogens (tertiary/aromatic N) is 2. The SMILES string of the molecule is Cn1c(Nc2cc(CNS(=O)(=O)C3CC3)ccc2Cl)nc2cc(C(=O)Nc3ccc(Br)cc3)ccc21. The van der Waals surface area contributed by atoms with Crippen LogP contribution >= 0.6 is 27.5 Å². The van der Waals surface area contributed by atoms with Gasteiger partial charge in [-0.1, -0.05) is 33.6 Å². The Bertz CT molecular complexity index is 1570. The summed E-state index contributed by atoms with van der Waals surface area (Å²) in [5, 5.41) is 6.32. The number of aromatic nitrogens is 2. The molecule has 0 spiro atoms. The number of carbonyl (C=O) groups is 1. The largest absolute Gasteiger partial charge is 0.324 e. The molecule has 186 valence electrons. The molecule has 36 heavy (non-hydrogen) atoms. The van der Waals surface area contributed by atoms with Crippen molar-refractivity contribution in [1.29, 1.82) is 0 Å². The topological polar surface area (TPSA) is 105 Å². The number of hydrogen-bond donors (Lipinski definition) is 3. The van der Waals surface area contributed by atoms with Gasteiger partial charge in [-0.25, -0.2) is 18.1 Å². The number of halogens is 2. The molecular weight excluding hydrogens is 566 g/mol. The zero-order valence-electron chi connectivity index (χ0n) is 19.3. The van der Waals surface area contributed by atoms with Crippen LogP contribution in [-0.4, -0.2) is 29.1 Å². The van der Waals surface area contributed by atoms with Crippen molar-refractivity contribution < 1.29 is 13.2 Å². The van der Waals surface area contributed by atoms with Crippen molar-refractivity contribution in [2.24, 2.45) is 7.05 Å². The second-order valence-corrected chi connectivity index (χ2v) is 12.0. The van der Waals surface area contributed by atoms with Gasteiger partial charge in [0, 0.05) is 29.3 Å². The zero-order chi connectivity index (χ0) is 25.4. The molecule has 1 heterocycles. The lowest BCUT2D eigenvalue weighted by molar-refractivity contribution is 0.102. The molecular formula is C25H23BrClN5O3S. The summed E-state index contributed by atoms with van der Waals surface area (Å²) in [6, 6.07) is 18.0. The van der Waals surface area contributed by atoms with Crippen molar-refractivity contribution in [2.75, 3.05) is 10.6 Å². The molecule has 0 bridgehead atoms. The Labute approximate surface area is 222 Å². The third kappa shape index (κ3) is 5.41. The summed E-state index contributed by atoms with van der Waals surface area (Å²) in [5.74, 6) is 0.303. The molecule has 8 nitrogen and oxygen atoms in total. The molecule has 1 saturated carbocycles. The molecule has 1 aromatic heterocycles. The van der Waals surface area contributed by atoms with Crippen LogP contribution in [0.2, 0.25) is 5.02 Å². The predicted octanol–water partition coefficient (Wildman–Crippen LogP) is 5.57. The van der Waals surface area contributed by atoms with Crippen LogP contribution in [-0.2, 0) is 23.6 Å². The predicted molar refractivity (Wildman–Crippen MR) is 146 cm³/mol. The Hall–Kier alpha value is -2.92. The van der Waals surface area contributed by atoms with Gasteiger partial charge in [-0.3, -0.25) is 4.79 Å². The van der Waals surface area contributed by atoms with Crippen molar-refractivity contribution in [3.05, 3.63) is 81.3 Å². The fraction of sp³-hybridized carbons (Fsp3) is 0.200. The van der Waals surface area contributed by atoms with Crippen LogP contribution in [0.25, 0.3) is 11.0 Å². The van der Waals surface area contributed by atoms with E-state index >= 15 is 0 Å². The van der Waals surface area contributed by atoms with Gasteiger partial charge in [0.2, 0.25) is 16.0 Å². The van der Waals surface area contributed by atoms with E-state index in [4.69, 9.17) is 11.6 Å². The highest BCUT2D eigenvalue weighted by atomic mass is 79.9. The molecule has 0 atom stereocenters. The Morgan fingerprint density at radius 1 is 1.11 bits per heavy atom. The Morgan fingerprint density at radius 2 is 1.86 bits per heavy atom. The van der Waals surface area contributed by atoms with Crippen LogP contribution in [0.4, 0.5) is 17.3 Å². The van der Waals surface area contributed by atoms with Gasteiger partial charge >= 0.3 is 0 Å². The summed E-state index contributed by atoms with van der Waals surface area (Å²) < 4.78 is 29.8. The number of amides is 1. The van der Waals surface area contributed by atoms with Crippen LogP contribution in [0, 0.1) is 0 Å². The number of hydrogen-bond acceptors (Lipinski definition) is 5. The fourth-order valence-corrected chi connectivity index (χ4v) is 5.56. The van der Waals surface area contributed by atoms with Gasteiger partial charge < -0.3 is 15.2 Å². The number of sulfonamides is 1. The van der Waals surface area contributed by atoms with Crippen molar-refractivity contribution in [1.82, 2.24) is 14.3 Å². The highest BCUT2D eigenvalue weighted by Gasteiger charge is 2.35.